The van der Waals surface area contributed by atoms with E-state index in [0.717, 1.165) is 27.9 Å². The minimum Gasteiger partial charge on any atom is -0.391 e. The van der Waals surface area contributed by atoms with Crippen molar-refractivity contribution in [1.82, 2.24) is 34.8 Å². The van der Waals surface area contributed by atoms with E-state index in [-0.39, 0.29) is 11.7 Å². The number of likely N-dealkylation sites (tertiary alicyclic amines) is 1. The van der Waals surface area contributed by atoms with Crippen molar-refractivity contribution in [2.75, 3.05) is 18.8 Å². The minimum atomic E-state index is -0.536. The lowest BCUT2D eigenvalue weighted by molar-refractivity contribution is 0.162. The summed E-state index contributed by atoms with van der Waals surface area (Å²) in [5.74, 6) is 0.0248. The second-order valence-electron chi connectivity index (χ2n) is 7.63. The van der Waals surface area contributed by atoms with Gasteiger partial charge in [-0.3, -0.25) is 4.90 Å². The molecule has 0 unspecified atom stereocenters. The van der Waals surface area contributed by atoms with Crippen molar-refractivity contribution in [1.29, 1.82) is 0 Å². The molecule has 1 aliphatic heterocycles. The van der Waals surface area contributed by atoms with Gasteiger partial charge in [0.05, 0.1) is 23.9 Å². The van der Waals surface area contributed by atoms with Crippen LogP contribution in [-0.4, -0.2) is 59.1 Å². The molecule has 4 N–H and O–H groups in total. The van der Waals surface area contributed by atoms with Gasteiger partial charge < -0.3 is 15.8 Å². The van der Waals surface area contributed by atoms with Gasteiger partial charge in [-0.05, 0) is 17.7 Å². The van der Waals surface area contributed by atoms with Crippen LogP contribution in [0.1, 0.15) is 22.7 Å². The lowest BCUT2D eigenvalue weighted by atomic mass is 10.0. The Kier molecular flexibility index (Phi) is 4.64. The number of hydrogen-bond acceptors (Lipinski definition) is 7. The molecular formula is C20H21FN8O. The molecule has 30 heavy (non-hydrogen) atoms. The van der Waals surface area contributed by atoms with Crippen molar-refractivity contribution in [2.45, 2.75) is 25.1 Å². The van der Waals surface area contributed by atoms with Gasteiger partial charge in [0.15, 0.2) is 5.82 Å². The number of nitrogen functional groups attached to an aromatic ring is 1. The molecule has 4 heterocycles. The lowest BCUT2D eigenvalue weighted by Crippen LogP contribution is -2.21. The van der Waals surface area contributed by atoms with Crippen LogP contribution in [0.2, 0.25) is 0 Å². The second-order valence-corrected chi connectivity index (χ2v) is 7.63. The topological polar surface area (TPSA) is 122 Å². The molecule has 10 heteroatoms. The number of aliphatic hydroxyl groups is 1. The number of halogens is 1. The minimum absolute atomic E-state index is 0.128. The first-order valence-electron chi connectivity index (χ1n) is 9.68. The molecule has 9 nitrogen and oxygen atoms in total. The third-order valence-electron chi connectivity index (χ3n) is 5.52. The average Bonchev–Trinajstić information content (AvgIpc) is 3.44. The van der Waals surface area contributed by atoms with Gasteiger partial charge in [-0.1, -0.05) is 17.3 Å². The van der Waals surface area contributed by atoms with E-state index in [1.807, 2.05) is 12.4 Å². The molecule has 1 fully saturated rings. The molecule has 1 aromatic carbocycles. The van der Waals surface area contributed by atoms with E-state index < -0.39 is 6.10 Å². The summed E-state index contributed by atoms with van der Waals surface area (Å²) in [5, 5.41) is 19.1. The standard InChI is InChI=1S/C20H21FN8O/c21-14-3-1-12(2-4-14)6-29-9-16(26-27-29)15-8-28(10-17(15)30)7-13-5-23-19-18(13)24-11-25-20(19)22/h1-5,9,11,15,17,23,30H,6-8,10H2,(H2,22,24,25)/t15-,17+/m1/s1. The molecule has 3 aromatic heterocycles. The number of β-amino-alcohol motifs (C(OH)–C–C–N with tert-alkyl or cyclic N) is 1. The van der Waals surface area contributed by atoms with Crippen molar-refractivity contribution in [3.8, 4) is 0 Å². The van der Waals surface area contributed by atoms with Crippen LogP contribution < -0.4 is 5.73 Å². The van der Waals surface area contributed by atoms with Crippen LogP contribution in [0.15, 0.2) is 43.0 Å². The quantitative estimate of drug-likeness (QED) is 0.455. The molecule has 2 atom stereocenters. The molecule has 1 saturated heterocycles. The predicted molar refractivity (Wildman–Crippen MR) is 108 cm³/mol. The summed E-state index contributed by atoms with van der Waals surface area (Å²) < 4.78 is 14.8. The number of rotatable bonds is 5. The molecule has 0 radical (unpaired) electrons. The molecule has 1 aliphatic rings. The Balaban J connectivity index is 1.28. The molecular weight excluding hydrogens is 387 g/mol. The fraction of sp³-hybridized carbons (Fsp3) is 0.300. The summed E-state index contributed by atoms with van der Waals surface area (Å²) in [5.41, 5.74) is 10.1. The molecule has 0 saturated carbocycles. The van der Waals surface area contributed by atoms with Crippen molar-refractivity contribution in [3.63, 3.8) is 0 Å². The number of aromatic nitrogens is 6. The number of benzene rings is 1. The zero-order chi connectivity index (χ0) is 20.7. The first kappa shape index (κ1) is 18.6. The van der Waals surface area contributed by atoms with Crippen LogP contribution in [0.3, 0.4) is 0 Å². The van der Waals surface area contributed by atoms with Crippen molar-refractivity contribution < 1.29 is 9.50 Å². The number of anilines is 1. The highest BCUT2D eigenvalue weighted by atomic mass is 19.1. The molecule has 5 rings (SSSR count). The number of nitrogens with one attached hydrogen (secondary N) is 1. The zero-order valence-electron chi connectivity index (χ0n) is 16.1. The Labute approximate surface area is 171 Å². The first-order valence-corrected chi connectivity index (χ1v) is 9.68. The van der Waals surface area contributed by atoms with Gasteiger partial charge >= 0.3 is 0 Å². The van der Waals surface area contributed by atoms with Gasteiger partial charge in [-0.2, -0.15) is 0 Å². The summed E-state index contributed by atoms with van der Waals surface area (Å²) >= 11 is 0. The highest BCUT2D eigenvalue weighted by Gasteiger charge is 2.34. The SMILES string of the molecule is Nc1ncnc2c(CN3C[C@H](c4cn(Cc5ccc(F)cc5)nn4)[C@@H](O)C3)c[nH]c12. The fourth-order valence-electron chi connectivity index (χ4n) is 4.00. The number of aromatic amines is 1. The predicted octanol–water partition coefficient (Wildman–Crippen LogP) is 1.28. The highest BCUT2D eigenvalue weighted by Crippen LogP contribution is 2.29. The molecule has 0 spiro atoms. The van der Waals surface area contributed by atoms with Crippen LogP contribution in [0.25, 0.3) is 11.0 Å². The van der Waals surface area contributed by atoms with E-state index in [1.54, 1.807) is 16.8 Å². The number of fused-ring (bicyclic) bond motifs is 1. The number of aliphatic hydroxyl groups excluding tert-OH is 1. The maximum Gasteiger partial charge on any atom is 0.151 e. The van der Waals surface area contributed by atoms with Crippen molar-refractivity contribution >= 4 is 16.9 Å². The third kappa shape index (κ3) is 3.51. The first-order chi connectivity index (χ1) is 14.6. The zero-order valence-corrected chi connectivity index (χ0v) is 16.1. The summed E-state index contributed by atoms with van der Waals surface area (Å²) in [6.45, 7) is 2.32. The smallest absolute Gasteiger partial charge is 0.151 e. The Hall–Kier alpha value is -3.37. The van der Waals surface area contributed by atoms with Crippen LogP contribution in [0.5, 0.6) is 0 Å². The van der Waals surface area contributed by atoms with Crippen LogP contribution in [0, 0.1) is 5.82 Å². The van der Waals surface area contributed by atoms with E-state index >= 15 is 0 Å². The Morgan fingerprint density at radius 1 is 1.17 bits per heavy atom. The summed E-state index contributed by atoms with van der Waals surface area (Å²) in [6, 6.07) is 6.30. The van der Waals surface area contributed by atoms with Crippen LogP contribution in [0.4, 0.5) is 10.2 Å². The fourth-order valence-corrected chi connectivity index (χ4v) is 4.00. The Bertz CT molecular complexity index is 1170. The van der Waals surface area contributed by atoms with Crippen LogP contribution >= 0.6 is 0 Å². The average molecular weight is 408 g/mol. The third-order valence-corrected chi connectivity index (χ3v) is 5.52. The maximum atomic E-state index is 13.1. The summed E-state index contributed by atoms with van der Waals surface area (Å²) in [4.78, 5) is 13.6. The monoisotopic (exact) mass is 408 g/mol. The molecule has 154 valence electrons. The molecule has 0 amide bonds. The summed E-state index contributed by atoms with van der Waals surface area (Å²) in [6.07, 6.45) is 4.65. The largest absolute Gasteiger partial charge is 0.391 e. The highest BCUT2D eigenvalue weighted by molar-refractivity contribution is 5.86. The van der Waals surface area contributed by atoms with E-state index in [0.29, 0.717) is 32.0 Å². The number of nitrogens with two attached hydrogens (primary N) is 1. The maximum absolute atomic E-state index is 13.1. The molecule has 0 aliphatic carbocycles. The van der Waals surface area contributed by atoms with Crippen molar-refractivity contribution in [2.24, 2.45) is 0 Å². The van der Waals surface area contributed by atoms with E-state index in [2.05, 4.69) is 30.2 Å². The molecule has 4 aromatic rings. The molecule has 0 bridgehead atoms. The van der Waals surface area contributed by atoms with E-state index in [9.17, 15) is 9.50 Å². The van der Waals surface area contributed by atoms with Gasteiger partial charge in [-0.15, -0.1) is 5.10 Å². The van der Waals surface area contributed by atoms with E-state index in [1.165, 1.54) is 18.5 Å². The van der Waals surface area contributed by atoms with Crippen LogP contribution in [-0.2, 0) is 13.1 Å². The van der Waals surface area contributed by atoms with Gasteiger partial charge in [0.1, 0.15) is 17.7 Å². The number of hydrogen-bond donors (Lipinski definition) is 3. The number of H-pyrrole nitrogens is 1. The van der Waals surface area contributed by atoms with Gasteiger partial charge in [0, 0.05) is 43.5 Å². The van der Waals surface area contributed by atoms with Gasteiger partial charge in [0.2, 0.25) is 0 Å². The van der Waals surface area contributed by atoms with Crippen molar-refractivity contribution in [3.05, 3.63) is 65.6 Å². The number of nitrogens with zero attached hydrogens (tertiary/aromatic N) is 6. The van der Waals surface area contributed by atoms with Gasteiger partial charge in [-0.25, -0.2) is 19.0 Å². The van der Waals surface area contributed by atoms with E-state index in [4.69, 9.17) is 5.73 Å². The summed E-state index contributed by atoms with van der Waals surface area (Å²) in [7, 11) is 0. The Morgan fingerprint density at radius 3 is 2.83 bits per heavy atom. The Morgan fingerprint density at radius 2 is 2.00 bits per heavy atom. The normalized spacial score (nSPS) is 19.7. The second kappa shape index (κ2) is 7.47. The van der Waals surface area contributed by atoms with Gasteiger partial charge in [0.25, 0.3) is 0 Å². The lowest BCUT2D eigenvalue weighted by Gasteiger charge is -2.14.